The second kappa shape index (κ2) is 7.15. The Morgan fingerprint density at radius 1 is 1.30 bits per heavy atom. The van der Waals surface area contributed by atoms with E-state index in [-0.39, 0.29) is 5.91 Å². The van der Waals surface area contributed by atoms with Crippen LogP contribution in [0.5, 0.6) is 0 Å². The number of fused-ring (bicyclic) bond motifs is 3. The lowest BCUT2D eigenvalue weighted by Gasteiger charge is -2.31. The van der Waals surface area contributed by atoms with Crippen molar-refractivity contribution in [1.29, 1.82) is 0 Å². The standard InChI is InChI=1S/C21H28N4OS/c1-13(2)22-15-10-11-17-18(12-15)25-14(3)19(27-21(25)23-17)20(26)24(4)16-8-6-5-7-9-16/h10-13,16,22H,5-9H2,1-4H3. The Bertz CT molecular complexity index is 981. The van der Waals surface area contributed by atoms with Crippen molar-refractivity contribution in [2.45, 2.75) is 65.0 Å². The molecular formula is C21H28N4OS. The van der Waals surface area contributed by atoms with Gasteiger partial charge in [0.1, 0.15) is 4.88 Å². The number of amides is 1. The number of hydrogen-bond donors (Lipinski definition) is 1. The average Bonchev–Trinajstić information content (AvgIpc) is 3.17. The Morgan fingerprint density at radius 3 is 2.74 bits per heavy atom. The van der Waals surface area contributed by atoms with E-state index in [9.17, 15) is 4.79 Å². The first-order valence-electron chi connectivity index (χ1n) is 9.91. The summed E-state index contributed by atoms with van der Waals surface area (Å²) in [6, 6.07) is 7.00. The van der Waals surface area contributed by atoms with Gasteiger partial charge < -0.3 is 10.2 Å². The first-order valence-corrected chi connectivity index (χ1v) is 10.7. The molecule has 0 saturated heterocycles. The maximum atomic E-state index is 13.2. The van der Waals surface area contributed by atoms with Crippen LogP contribution in [-0.4, -0.2) is 39.3 Å². The maximum absolute atomic E-state index is 13.2. The molecule has 1 saturated carbocycles. The molecule has 0 bridgehead atoms. The molecular weight excluding hydrogens is 356 g/mol. The number of rotatable bonds is 4. The van der Waals surface area contributed by atoms with Crippen molar-refractivity contribution in [2.75, 3.05) is 12.4 Å². The summed E-state index contributed by atoms with van der Waals surface area (Å²) in [4.78, 5) is 21.6. The fraction of sp³-hybridized carbons (Fsp3) is 0.524. The minimum atomic E-state index is 0.138. The lowest BCUT2D eigenvalue weighted by atomic mass is 9.94. The second-order valence-electron chi connectivity index (χ2n) is 7.96. The number of nitrogens with one attached hydrogen (secondary N) is 1. The van der Waals surface area contributed by atoms with Gasteiger partial charge in [-0.15, -0.1) is 0 Å². The van der Waals surface area contributed by atoms with Gasteiger partial charge in [-0.05, 0) is 51.8 Å². The molecule has 0 spiro atoms. The number of carbonyl (C=O) groups excluding carboxylic acids is 1. The minimum Gasteiger partial charge on any atom is -0.383 e. The van der Waals surface area contributed by atoms with Crippen molar-refractivity contribution < 1.29 is 4.79 Å². The number of benzene rings is 1. The van der Waals surface area contributed by atoms with Crippen molar-refractivity contribution in [1.82, 2.24) is 14.3 Å². The van der Waals surface area contributed by atoms with Crippen LogP contribution in [-0.2, 0) is 0 Å². The first-order chi connectivity index (χ1) is 13.0. The Labute approximate surface area is 164 Å². The van der Waals surface area contributed by atoms with E-state index in [4.69, 9.17) is 4.98 Å². The summed E-state index contributed by atoms with van der Waals surface area (Å²) in [5.74, 6) is 0.138. The molecule has 6 heteroatoms. The Hall–Kier alpha value is -2.08. The summed E-state index contributed by atoms with van der Waals surface area (Å²) in [7, 11) is 1.96. The summed E-state index contributed by atoms with van der Waals surface area (Å²) in [6.45, 7) is 6.29. The molecule has 0 unspecified atom stereocenters. The van der Waals surface area contributed by atoms with Gasteiger partial charge >= 0.3 is 0 Å². The number of imidazole rings is 1. The third-order valence-electron chi connectivity index (χ3n) is 5.57. The van der Waals surface area contributed by atoms with Crippen LogP contribution in [0.25, 0.3) is 16.0 Å². The Kier molecular flexibility index (Phi) is 4.84. The molecule has 0 atom stereocenters. The van der Waals surface area contributed by atoms with Crippen molar-refractivity contribution in [3.05, 3.63) is 28.8 Å². The molecule has 144 valence electrons. The molecule has 1 N–H and O–H groups in total. The van der Waals surface area contributed by atoms with E-state index in [1.165, 1.54) is 30.6 Å². The highest BCUT2D eigenvalue weighted by atomic mass is 32.1. The van der Waals surface area contributed by atoms with Gasteiger partial charge in [-0.2, -0.15) is 0 Å². The number of anilines is 1. The average molecular weight is 385 g/mol. The molecule has 5 nitrogen and oxygen atoms in total. The fourth-order valence-electron chi connectivity index (χ4n) is 4.13. The number of aryl methyl sites for hydroxylation is 1. The third-order valence-corrected chi connectivity index (χ3v) is 6.70. The van der Waals surface area contributed by atoms with Gasteiger partial charge in [-0.25, -0.2) is 4.98 Å². The highest BCUT2D eigenvalue weighted by Gasteiger charge is 2.27. The van der Waals surface area contributed by atoms with Crippen molar-refractivity contribution in [3.8, 4) is 0 Å². The summed E-state index contributed by atoms with van der Waals surface area (Å²) in [6.07, 6.45) is 5.99. The van der Waals surface area contributed by atoms with Crippen LogP contribution >= 0.6 is 11.3 Å². The van der Waals surface area contributed by atoms with Crippen LogP contribution in [0.4, 0.5) is 5.69 Å². The number of hydrogen-bond acceptors (Lipinski definition) is 4. The van der Waals surface area contributed by atoms with Crippen molar-refractivity contribution >= 4 is 38.9 Å². The van der Waals surface area contributed by atoms with Crippen molar-refractivity contribution in [3.63, 3.8) is 0 Å². The molecule has 27 heavy (non-hydrogen) atoms. The predicted molar refractivity (Wildman–Crippen MR) is 113 cm³/mol. The number of nitrogens with zero attached hydrogens (tertiary/aromatic N) is 3. The van der Waals surface area contributed by atoms with Crippen LogP contribution in [0.1, 0.15) is 61.3 Å². The van der Waals surface area contributed by atoms with Crippen LogP contribution in [0.3, 0.4) is 0 Å². The van der Waals surface area contributed by atoms with Gasteiger partial charge in [0, 0.05) is 30.5 Å². The normalized spacial score (nSPS) is 15.7. The minimum absolute atomic E-state index is 0.138. The van der Waals surface area contributed by atoms with Gasteiger partial charge in [0.2, 0.25) is 0 Å². The summed E-state index contributed by atoms with van der Waals surface area (Å²) >= 11 is 1.51. The zero-order chi connectivity index (χ0) is 19.1. The molecule has 0 aliphatic heterocycles. The largest absolute Gasteiger partial charge is 0.383 e. The van der Waals surface area contributed by atoms with Crippen molar-refractivity contribution in [2.24, 2.45) is 0 Å². The highest BCUT2D eigenvalue weighted by molar-refractivity contribution is 7.19. The van der Waals surface area contributed by atoms with Gasteiger partial charge in [0.25, 0.3) is 5.91 Å². The maximum Gasteiger partial charge on any atom is 0.265 e. The SMILES string of the molecule is Cc1c(C(=O)N(C)C2CCCCC2)sc2nc3ccc(NC(C)C)cc3n12. The predicted octanol–water partition coefficient (Wildman–Crippen LogP) is 5.08. The van der Waals surface area contributed by atoms with Crippen LogP contribution in [0, 0.1) is 6.92 Å². The number of aromatic nitrogens is 2. The van der Waals surface area contributed by atoms with E-state index in [0.717, 1.165) is 45.1 Å². The molecule has 0 radical (unpaired) electrons. The Morgan fingerprint density at radius 2 is 2.04 bits per heavy atom. The topological polar surface area (TPSA) is 49.6 Å². The smallest absolute Gasteiger partial charge is 0.265 e. The van der Waals surface area contributed by atoms with E-state index in [2.05, 4.69) is 41.8 Å². The zero-order valence-electron chi connectivity index (χ0n) is 16.6. The Balaban J connectivity index is 1.71. The summed E-state index contributed by atoms with van der Waals surface area (Å²) in [5, 5.41) is 3.45. The quantitative estimate of drug-likeness (QED) is 0.682. The van der Waals surface area contributed by atoms with E-state index >= 15 is 0 Å². The van der Waals surface area contributed by atoms with E-state index in [1.54, 1.807) is 0 Å². The second-order valence-corrected chi connectivity index (χ2v) is 8.93. The molecule has 1 aliphatic carbocycles. The monoisotopic (exact) mass is 384 g/mol. The highest BCUT2D eigenvalue weighted by Crippen LogP contribution is 2.31. The molecule has 2 heterocycles. The molecule has 2 aromatic heterocycles. The number of carbonyl (C=O) groups is 1. The summed E-state index contributed by atoms with van der Waals surface area (Å²) < 4.78 is 2.13. The summed E-state index contributed by atoms with van der Waals surface area (Å²) in [5.41, 5.74) is 4.10. The fourth-order valence-corrected chi connectivity index (χ4v) is 5.25. The van der Waals surface area contributed by atoms with Gasteiger partial charge in [0.05, 0.1) is 11.0 Å². The van der Waals surface area contributed by atoms with E-state index in [0.29, 0.717) is 12.1 Å². The van der Waals surface area contributed by atoms with Gasteiger partial charge in [-0.3, -0.25) is 9.20 Å². The van der Waals surface area contributed by atoms with E-state index < -0.39 is 0 Å². The number of thiazole rings is 1. The molecule has 1 aliphatic rings. The molecule has 1 amide bonds. The molecule has 1 fully saturated rings. The van der Waals surface area contributed by atoms with E-state index in [1.807, 2.05) is 18.9 Å². The molecule has 3 aromatic rings. The van der Waals surface area contributed by atoms with Crippen LogP contribution < -0.4 is 5.32 Å². The van der Waals surface area contributed by atoms with Crippen LogP contribution in [0.2, 0.25) is 0 Å². The lowest BCUT2D eigenvalue weighted by molar-refractivity contribution is 0.0700. The molecule has 4 rings (SSSR count). The lowest BCUT2D eigenvalue weighted by Crippen LogP contribution is -2.38. The van der Waals surface area contributed by atoms with Gasteiger partial charge in [-0.1, -0.05) is 30.6 Å². The first kappa shape index (κ1) is 18.3. The van der Waals surface area contributed by atoms with Crippen LogP contribution in [0.15, 0.2) is 18.2 Å². The molecule has 1 aromatic carbocycles. The van der Waals surface area contributed by atoms with Gasteiger partial charge in [0.15, 0.2) is 4.96 Å². The zero-order valence-corrected chi connectivity index (χ0v) is 17.4. The third kappa shape index (κ3) is 3.31.